The Hall–Kier alpha value is -1.51. The van der Waals surface area contributed by atoms with Crippen molar-refractivity contribution in [1.29, 1.82) is 0 Å². The Kier molecular flexibility index (Phi) is 4.68. The second kappa shape index (κ2) is 6.06. The highest BCUT2D eigenvalue weighted by molar-refractivity contribution is 5.66. The Morgan fingerprint density at radius 1 is 1.47 bits per heavy atom. The van der Waals surface area contributed by atoms with Gasteiger partial charge in [-0.05, 0) is 24.5 Å². The summed E-state index contributed by atoms with van der Waals surface area (Å²) in [4.78, 5) is 9.60. The Bertz CT molecular complexity index is 300. The summed E-state index contributed by atoms with van der Waals surface area (Å²) in [6.07, 6.45) is 2.21. The Morgan fingerprint density at radius 3 is 2.73 bits per heavy atom. The molecule has 3 nitrogen and oxygen atoms in total. The minimum absolute atomic E-state index is 0.292. The van der Waals surface area contributed by atoms with Crippen molar-refractivity contribution in [2.45, 2.75) is 26.2 Å². The molecule has 1 aromatic carbocycles. The van der Waals surface area contributed by atoms with Crippen LogP contribution in [-0.2, 0) is 11.2 Å². The van der Waals surface area contributed by atoms with Gasteiger partial charge in [-0.1, -0.05) is 25.1 Å². The Morgan fingerprint density at radius 2 is 2.20 bits per heavy atom. The zero-order valence-corrected chi connectivity index (χ0v) is 8.99. The molecule has 82 valence electrons. The topological polar surface area (TPSA) is 49.3 Å². The molecular formula is C12H17NO2. The third kappa shape index (κ3) is 4.02. The molecule has 1 heterocycles. The van der Waals surface area contributed by atoms with Crippen LogP contribution < -0.4 is 5.32 Å². The van der Waals surface area contributed by atoms with Crippen molar-refractivity contribution >= 4 is 11.7 Å². The first kappa shape index (κ1) is 11.6. The van der Waals surface area contributed by atoms with Gasteiger partial charge in [0.2, 0.25) is 0 Å². The van der Waals surface area contributed by atoms with Crippen molar-refractivity contribution in [2.75, 3.05) is 11.9 Å². The molecule has 3 heteroatoms. The lowest BCUT2D eigenvalue weighted by molar-refractivity contribution is -0.137. The van der Waals surface area contributed by atoms with E-state index in [4.69, 9.17) is 5.11 Å². The third-order valence-corrected chi connectivity index (χ3v) is 2.19. The molecule has 1 aromatic rings. The fourth-order valence-corrected chi connectivity index (χ4v) is 1.46. The van der Waals surface area contributed by atoms with Gasteiger partial charge >= 0.3 is 5.97 Å². The van der Waals surface area contributed by atoms with Crippen molar-refractivity contribution in [2.24, 2.45) is 0 Å². The molecule has 0 saturated heterocycles. The number of fused-ring (bicyclic) bond motifs is 1. The van der Waals surface area contributed by atoms with Gasteiger partial charge in [-0.15, -0.1) is 0 Å². The average Bonchev–Trinajstić information content (AvgIpc) is 2.65. The van der Waals surface area contributed by atoms with Gasteiger partial charge in [0.25, 0.3) is 0 Å². The number of nitrogens with one attached hydrogen (secondary N) is 1. The normalized spacial score (nSPS) is 12.1. The first-order valence-electron chi connectivity index (χ1n) is 5.27. The van der Waals surface area contributed by atoms with Crippen LogP contribution >= 0.6 is 0 Å². The third-order valence-electron chi connectivity index (χ3n) is 2.19. The lowest BCUT2D eigenvalue weighted by Crippen LogP contribution is -1.90. The van der Waals surface area contributed by atoms with Gasteiger partial charge < -0.3 is 10.4 Å². The van der Waals surface area contributed by atoms with Crippen LogP contribution in [0.15, 0.2) is 24.3 Å². The first-order chi connectivity index (χ1) is 7.24. The number of carbonyl (C=O) groups is 1. The molecule has 0 saturated carbocycles. The smallest absolute Gasteiger partial charge is 0.303 e. The zero-order chi connectivity index (χ0) is 11.1. The zero-order valence-electron chi connectivity index (χ0n) is 8.99. The summed E-state index contributed by atoms with van der Waals surface area (Å²) in [6.45, 7) is 2.95. The summed E-state index contributed by atoms with van der Waals surface area (Å²) in [6, 6.07) is 8.46. The van der Waals surface area contributed by atoms with Gasteiger partial charge in [-0.3, -0.25) is 4.79 Å². The number of benzene rings is 1. The molecule has 0 amide bonds. The van der Waals surface area contributed by atoms with E-state index in [9.17, 15) is 4.79 Å². The molecule has 1 aliphatic heterocycles. The molecule has 0 unspecified atom stereocenters. The monoisotopic (exact) mass is 207 g/mol. The maximum Gasteiger partial charge on any atom is 0.303 e. The Labute approximate surface area is 90.1 Å². The molecule has 0 fully saturated rings. The number of aliphatic carboxylic acids is 1. The van der Waals surface area contributed by atoms with E-state index < -0.39 is 5.97 Å². The van der Waals surface area contributed by atoms with Crippen LogP contribution in [0.5, 0.6) is 0 Å². The van der Waals surface area contributed by atoms with Gasteiger partial charge in [-0.25, -0.2) is 0 Å². The van der Waals surface area contributed by atoms with Crippen molar-refractivity contribution in [3.05, 3.63) is 29.8 Å². The fraction of sp³-hybridized carbons (Fsp3) is 0.417. The van der Waals surface area contributed by atoms with Gasteiger partial charge in [0, 0.05) is 18.7 Å². The van der Waals surface area contributed by atoms with Crippen LogP contribution in [0.1, 0.15) is 25.3 Å². The van der Waals surface area contributed by atoms with E-state index in [0.29, 0.717) is 6.42 Å². The van der Waals surface area contributed by atoms with Crippen LogP contribution in [0.3, 0.4) is 0 Å². The van der Waals surface area contributed by atoms with E-state index in [-0.39, 0.29) is 0 Å². The highest BCUT2D eigenvalue weighted by atomic mass is 16.4. The van der Waals surface area contributed by atoms with Crippen LogP contribution in [0.2, 0.25) is 0 Å². The minimum Gasteiger partial charge on any atom is -0.481 e. The molecule has 1 aliphatic rings. The standard InChI is InChI=1S/C8H9N.C4H8O2/c1-2-4-8-7(3-1)5-6-9-8;1-2-3-4(5)6/h1-4,9H,5-6H2;2-3H2,1H3,(H,5,6). The SMILES string of the molecule is CCCC(=O)O.c1ccc2c(c1)CCN2. The number of carboxylic acids is 1. The number of rotatable bonds is 2. The van der Waals surface area contributed by atoms with E-state index >= 15 is 0 Å². The molecule has 15 heavy (non-hydrogen) atoms. The first-order valence-corrected chi connectivity index (χ1v) is 5.27. The van der Waals surface area contributed by atoms with Crippen molar-refractivity contribution in [3.8, 4) is 0 Å². The number of carboxylic acid groups (broad SMARTS) is 1. The molecular weight excluding hydrogens is 190 g/mol. The second-order valence-electron chi connectivity index (χ2n) is 3.48. The van der Waals surface area contributed by atoms with Gasteiger partial charge in [0.05, 0.1) is 0 Å². The average molecular weight is 207 g/mol. The minimum atomic E-state index is -0.711. The summed E-state index contributed by atoms with van der Waals surface area (Å²) in [5.41, 5.74) is 2.77. The van der Waals surface area contributed by atoms with Crippen molar-refractivity contribution in [3.63, 3.8) is 0 Å². The lowest BCUT2D eigenvalue weighted by atomic mass is 10.2. The maximum absolute atomic E-state index is 9.60. The number of hydrogen-bond donors (Lipinski definition) is 2. The van der Waals surface area contributed by atoms with E-state index in [1.165, 1.54) is 17.7 Å². The largest absolute Gasteiger partial charge is 0.481 e. The lowest BCUT2D eigenvalue weighted by Gasteiger charge is -1.94. The number of anilines is 1. The van der Waals surface area contributed by atoms with Gasteiger partial charge in [0.15, 0.2) is 0 Å². The maximum atomic E-state index is 9.60. The van der Waals surface area contributed by atoms with Crippen molar-refractivity contribution in [1.82, 2.24) is 0 Å². The van der Waals surface area contributed by atoms with E-state index in [1.807, 2.05) is 6.92 Å². The predicted molar refractivity (Wildman–Crippen MR) is 61.2 cm³/mol. The van der Waals surface area contributed by atoms with Crippen LogP contribution in [0.4, 0.5) is 5.69 Å². The molecule has 0 aromatic heterocycles. The van der Waals surface area contributed by atoms with Crippen molar-refractivity contribution < 1.29 is 9.90 Å². The highest BCUT2D eigenvalue weighted by Gasteiger charge is 2.05. The van der Waals surface area contributed by atoms with Gasteiger partial charge in [-0.2, -0.15) is 0 Å². The molecule has 0 spiro atoms. The highest BCUT2D eigenvalue weighted by Crippen LogP contribution is 2.19. The van der Waals surface area contributed by atoms with E-state index in [0.717, 1.165) is 13.0 Å². The molecule has 2 rings (SSSR count). The molecule has 0 atom stereocenters. The van der Waals surface area contributed by atoms with E-state index in [1.54, 1.807) is 0 Å². The van der Waals surface area contributed by atoms with Gasteiger partial charge in [0.1, 0.15) is 0 Å². The molecule has 0 aliphatic carbocycles. The van der Waals surface area contributed by atoms with Crippen LogP contribution in [0, 0.1) is 0 Å². The molecule has 0 radical (unpaired) electrons. The van der Waals surface area contributed by atoms with Crippen LogP contribution in [0.25, 0.3) is 0 Å². The fourth-order valence-electron chi connectivity index (χ4n) is 1.46. The summed E-state index contributed by atoms with van der Waals surface area (Å²) >= 11 is 0. The summed E-state index contributed by atoms with van der Waals surface area (Å²) < 4.78 is 0. The Balaban J connectivity index is 0.000000167. The van der Waals surface area contributed by atoms with Crippen LogP contribution in [-0.4, -0.2) is 17.6 Å². The molecule has 0 bridgehead atoms. The van der Waals surface area contributed by atoms with E-state index in [2.05, 4.69) is 29.6 Å². The summed E-state index contributed by atoms with van der Waals surface area (Å²) in [5, 5.41) is 11.2. The quantitative estimate of drug-likeness (QED) is 0.783. The number of para-hydroxylation sites is 1. The number of hydrogen-bond acceptors (Lipinski definition) is 2. The summed E-state index contributed by atoms with van der Waals surface area (Å²) in [5.74, 6) is -0.711. The second-order valence-corrected chi connectivity index (χ2v) is 3.48. The predicted octanol–water partition coefficient (Wildman–Crippen LogP) is 2.53. The molecule has 2 N–H and O–H groups in total. The summed E-state index contributed by atoms with van der Waals surface area (Å²) in [7, 11) is 0.